The number of nitrogens with one attached hydrogen (secondary N) is 1. The highest BCUT2D eigenvalue weighted by Gasteiger charge is 2.37. The quantitative estimate of drug-likeness (QED) is 0.388. The molecule has 1 fully saturated rings. The molecule has 7 N–H and O–H groups in total. The number of hydrogen-bond acceptors (Lipinski definition) is 6. The summed E-state index contributed by atoms with van der Waals surface area (Å²) >= 11 is 0. The van der Waals surface area contributed by atoms with Crippen molar-refractivity contribution < 1.29 is 19.8 Å². The Balaban J connectivity index is 1.92. The zero-order valence-electron chi connectivity index (χ0n) is 14.8. The molecule has 1 aromatic carbocycles. The van der Waals surface area contributed by atoms with E-state index in [2.05, 4.69) is 5.32 Å². The van der Waals surface area contributed by atoms with Crippen LogP contribution in [0, 0.1) is 0 Å². The number of aliphatic carboxylic acids is 1. The summed E-state index contributed by atoms with van der Waals surface area (Å²) in [5.74, 6) is -0.992. The molecule has 0 bridgehead atoms. The number of phenolic OH excluding ortho intramolecular Hbond substituents is 1. The molecule has 1 heterocycles. The van der Waals surface area contributed by atoms with E-state index in [1.165, 1.54) is 0 Å². The summed E-state index contributed by atoms with van der Waals surface area (Å²) in [5, 5.41) is 21.7. The number of carbonyl (C=O) groups excluding carboxylic acids is 1. The Kier molecular flexibility index (Phi) is 7.38. The van der Waals surface area contributed by atoms with Crippen LogP contribution in [-0.4, -0.2) is 58.2 Å². The molecule has 144 valence electrons. The first-order valence-corrected chi connectivity index (χ1v) is 8.91. The van der Waals surface area contributed by atoms with E-state index < -0.39 is 18.1 Å². The third-order valence-corrected chi connectivity index (χ3v) is 4.66. The summed E-state index contributed by atoms with van der Waals surface area (Å²) in [6, 6.07) is 5.14. The molecule has 2 rings (SSSR count). The Morgan fingerprint density at radius 2 is 1.96 bits per heavy atom. The van der Waals surface area contributed by atoms with Crippen LogP contribution in [0.1, 0.15) is 31.2 Å². The molecule has 0 radical (unpaired) electrons. The van der Waals surface area contributed by atoms with Gasteiger partial charge in [0, 0.05) is 19.1 Å². The average molecular weight is 364 g/mol. The zero-order valence-corrected chi connectivity index (χ0v) is 14.8. The second kappa shape index (κ2) is 9.51. The third kappa shape index (κ3) is 5.69. The molecule has 26 heavy (non-hydrogen) atoms. The van der Waals surface area contributed by atoms with Gasteiger partial charge in [-0.05, 0) is 43.5 Å². The van der Waals surface area contributed by atoms with E-state index >= 15 is 0 Å². The molecule has 8 nitrogen and oxygen atoms in total. The number of carboxylic acid groups (broad SMARTS) is 1. The molecule has 8 heteroatoms. The Labute approximate surface area is 153 Å². The van der Waals surface area contributed by atoms with Gasteiger partial charge < -0.3 is 27.0 Å². The van der Waals surface area contributed by atoms with Gasteiger partial charge in [-0.2, -0.15) is 0 Å². The lowest BCUT2D eigenvalue weighted by Crippen LogP contribution is -2.46. The number of nitrogens with two attached hydrogens (primary N) is 2. The maximum atomic E-state index is 12.2. The molecule has 0 unspecified atom stereocenters. The number of rotatable bonds is 9. The normalized spacial score (nSPS) is 21.5. The summed E-state index contributed by atoms with van der Waals surface area (Å²) in [4.78, 5) is 25.6. The Morgan fingerprint density at radius 1 is 1.27 bits per heavy atom. The number of nitrogens with zero attached hydrogens (tertiary/aromatic N) is 1. The lowest BCUT2D eigenvalue weighted by atomic mass is 10.1. The molecule has 1 aromatic rings. The predicted octanol–water partition coefficient (Wildman–Crippen LogP) is -0.00780. The second-order valence-electron chi connectivity index (χ2n) is 6.78. The van der Waals surface area contributed by atoms with Crippen LogP contribution in [0.4, 0.5) is 0 Å². The first kappa shape index (κ1) is 20.2. The number of unbranched alkanes of at least 4 members (excludes halogenated alkanes) is 1. The van der Waals surface area contributed by atoms with Gasteiger partial charge in [0.2, 0.25) is 5.91 Å². The van der Waals surface area contributed by atoms with Crippen molar-refractivity contribution in [3.8, 4) is 5.75 Å². The van der Waals surface area contributed by atoms with Crippen LogP contribution in [0.25, 0.3) is 0 Å². The van der Waals surface area contributed by atoms with Gasteiger partial charge in [-0.1, -0.05) is 18.6 Å². The minimum atomic E-state index is -0.909. The molecule has 1 aliphatic rings. The van der Waals surface area contributed by atoms with Crippen LogP contribution in [0.2, 0.25) is 0 Å². The van der Waals surface area contributed by atoms with Gasteiger partial charge in [-0.25, -0.2) is 0 Å². The number of benzene rings is 1. The fourth-order valence-corrected chi connectivity index (χ4v) is 3.22. The van der Waals surface area contributed by atoms with Crippen LogP contribution in [-0.2, 0) is 16.1 Å². The first-order valence-electron chi connectivity index (χ1n) is 8.91. The van der Waals surface area contributed by atoms with Crippen molar-refractivity contribution in [2.75, 3.05) is 13.1 Å². The smallest absolute Gasteiger partial charge is 0.321 e. The highest BCUT2D eigenvalue weighted by Crippen LogP contribution is 2.22. The third-order valence-electron chi connectivity index (χ3n) is 4.66. The molecular formula is C18H28N4O4. The van der Waals surface area contributed by atoms with Crippen molar-refractivity contribution in [1.29, 1.82) is 0 Å². The van der Waals surface area contributed by atoms with Crippen molar-refractivity contribution >= 4 is 11.9 Å². The summed E-state index contributed by atoms with van der Waals surface area (Å²) < 4.78 is 0. The van der Waals surface area contributed by atoms with E-state index in [0.29, 0.717) is 32.5 Å². The van der Waals surface area contributed by atoms with Gasteiger partial charge in [-0.15, -0.1) is 0 Å². The molecule has 1 amide bonds. The van der Waals surface area contributed by atoms with Crippen LogP contribution < -0.4 is 16.8 Å². The van der Waals surface area contributed by atoms with Gasteiger partial charge in [0.25, 0.3) is 0 Å². The number of carbonyl (C=O) groups is 2. The molecule has 3 atom stereocenters. The van der Waals surface area contributed by atoms with E-state index in [1.807, 2.05) is 4.90 Å². The largest absolute Gasteiger partial charge is 0.508 e. The lowest BCUT2D eigenvalue weighted by Gasteiger charge is -2.21. The molecule has 0 aromatic heterocycles. The van der Waals surface area contributed by atoms with Gasteiger partial charge in [-0.3, -0.25) is 14.5 Å². The highest BCUT2D eigenvalue weighted by atomic mass is 16.4. The summed E-state index contributed by atoms with van der Waals surface area (Å²) in [7, 11) is 0. The number of carboxylic acids is 1. The lowest BCUT2D eigenvalue weighted by molar-refractivity contribution is -0.142. The van der Waals surface area contributed by atoms with E-state index in [9.17, 15) is 19.8 Å². The highest BCUT2D eigenvalue weighted by molar-refractivity contribution is 5.82. The SMILES string of the molecule is NCCCC[C@H](N)C(=O)N[C@H]1C[C@@H](C(=O)O)N(Cc2ccc(O)cc2)C1. The molecule has 0 saturated carbocycles. The fraction of sp³-hybridized carbons (Fsp3) is 0.556. The minimum Gasteiger partial charge on any atom is -0.508 e. The maximum Gasteiger partial charge on any atom is 0.321 e. The van der Waals surface area contributed by atoms with Gasteiger partial charge in [0.05, 0.1) is 6.04 Å². The summed E-state index contributed by atoms with van der Waals surface area (Å²) in [6.45, 7) is 1.45. The second-order valence-corrected chi connectivity index (χ2v) is 6.78. The standard InChI is InChI=1S/C18H28N4O4/c19-8-2-1-3-15(20)17(24)21-13-9-16(18(25)26)22(11-13)10-12-4-6-14(23)7-5-12/h4-7,13,15-16,23H,1-3,8-11,19-20H2,(H,21,24)(H,25,26)/t13-,15-,16-/m0/s1. The van der Waals surface area contributed by atoms with Crippen LogP contribution in [0.15, 0.2) is 24.3 Å². The van der Waals surface area contributed by atoms with Crippen LogP contribution in [0.5, 0.6) is 5.75 Å². The number of amides is 1. The Hall–Kier alpha value is -2.16. The zero-order chi connectivity index (χ0) is 19.1. The van der Waals surface area contributed by atoms with Gasteiger partial charge >= 0.3 is 5.97 Å². The molecular weight excluding hydrogens is 336 g/mol. The minimum absolute atomic E-state index is 0.165. The number of likely N-dealkylation sites (tertiary alicyclic amines) is 1. The number of aromatic hydroxyl groups is 1. The molecule has 0 spiro atoms. The van der Waals surface area contributed by atoms with Crippen molar-refractivity contribution in [1.82, 2.24) is 10.2 Å². The molecule has 1 saturated heterocycles. The number of hydrogen-bond donors (Lipinski definition) is 5. The van der Waals surface area contributed by atoms with Crippen LogP contribution in [0.3, 0.4) is 0 Å². The average Bonchev–Trinajstić information content (AvgIpc) is 2.99. The number of phenols is 1. The first-order chi connectivity index (χ1) is 12.4. The predicted molar refractivity (Wildman–Crippen MR) is 97.4 cm³/mol. The maximum absolute atomic E-state index is 12.2. The van der Waals surface area contributed by atoms with E-state index in [-0.39, 0.29) is 17.7 Å². The molecule has 0 aliphatic carbocycles. The van der Waals surface area contributed by atoms with Gasteiger partial charge in [0.1, 0.15) is 11.8 Å². The Morgan fingerprint density at radius 3 is 2.58 bits per heavy atom. The van der Waals surface area contributed by atoms with E-state index in [4.69, 9.17) is 11.5 Å². The van der Waals surface area contributed by atoms with Crippen LogP contribution >= 0.6 is 0 Å². The fourth-order valence-electron chi connectivity index (χ4n) is 3.22. The molecule has 1 aliphatic heterocycles. The monoisotopic (exact) mass is 364 g/mol. The summed E-state index contributed by atoms with van der Waals surface area (Å²) in [6.07, 6.45) is 2.52. The van der Waals surface area contributed by atoms with E-state index in [1.54, 1.807) is 24.3 Å². The topological polar surface area (TPSA) is 142 Å². The summed E-state index contributed by atoms with van der Waals surface area (Å²) in [5.41, 5.74) is 12.2. The van der Waals surface area contributed by atoms with Crippen molar-refractivity contribution in [2.45, 2.75) is 50.4 Å². The van der Waals surface area contributed by atoms with Gasteiger partial charge in [0.15, 0.2) is 0 Å². The Bertz CT molecular complexity index is 608. The van der Waals surface area contributed by atoms with E-state index in [0.717, 1.165) is 18.4 Å². The van der Waals surface area contributed by atoms with Crippen molar-refractivity contribution in [3.05, 3.63) is 29.8 Å². The van der Waals surface area contributed by atoms with Crippen molar-refractivity contribution in [3.63, 3.8) is 0 Å². The van der Waals surface area contributed by atoms with Crippen molar-refractivity contribution in [2.24, 2.45) is 11.5 Å².